The molecule has 1 heterocycles. The number of allylic oxidation sites excluding steroid dienone is 6. The molecule has 0 aliphatic heterocycles. The summed E-state index contributed by atoms with van der Waals surface area (Å²) in [6.07, 6.45) is 20.1. The summed E-state index contributed by atoms with van der Waals surface area (Å²) >= 11 is 3.42. The third-order valence-electron chi connectivity index (χ3n) is 5.93. The van der Waals surface area contributed by atoms with E-state index >= 15 is 0 Å². The van der Waals surface area contributed by atoms with Crippen LogP contribution < -0.4 is 15.4 Å². The molecule has 0 saturated heterocycles. The molecule has 1 atom stereocenters. The van der Waals surface area contributed by atoms with Crippen LogP contribution in [0.25, 0.3) is 5.57 Å². The van der Waals surface area contributed by atoms with Gasteiger partial charge in [-0.05, 0) is 64.6 Å². The lowest BCUT2D eigenvalue weighted by Crippen LogP contribution is -2.43. The van der Waals surface area contributed by atoms with E-state index in [1.54, 1.807) is 48.4 Å². The van der Waals surface area contributed by atoms with Gasteiger partial charge in [0.1, 0.15) is 0 Å². The molecule has 0 spiro atoms. The molecule has 1 aromatic rings. The third kappa shape index (κ3) is 8.61. The quantitative estimate of drug-likeness (QED) is 0.155. The van der Waals surface area contributed by atoms with Crippen LogP contribution in [0.5, 0.6) is 0 Å². The number of nitrogens with zero attached hydrogens (tertiary/aromatic N) is 1. The fourth-order valence-corrected chi connectivity index (χ4v) is 6.03. The predicted octanol–water partition coefficient (Wildman–Crippen LogP) is 7.23. The summed E-state index contributed by atoms with van der Waals surface area (Å²) in [7, 11) is 0. The van der Waals surface area contributed by atoms with Crippen LogP contribution in [0.2, 0.25) is 0 Å². The Balaban J connectivity index is 1.77. The van der Waals surface area contributed by atoms with Gasteiger partial charge in [0.25, 0.3) is 0 Å². The first kappa shape index (κ1) is 28.2. The Morgan fingerprint density at radius 1 is 1.28 bits per heavy atom. The molecule has 2 aliphatic carbocycles. The fraction of sp³-hybridized carbons (Fsp3) is 0.464. The van der Waals surface area contributed by atoms with E-state index in [1.165, 1.54) is 37.1 Å². The molecule has 194 valence electrons. The molecule has 2 amide bonds. The molecule has 0 aromatic carbocycles. The van der Waals surface area contributed by atoms with Crippen LogP contribution in [0.15, 0.2) is 59.8 Å². The van der Waals surface area contributed by atoms with Crippen LogP contribution in [-0.4, -0.2) is 28.3 Å². The number of amides is 2. The van der Waals surface area contributed by atoms with Gasteiger partial charge in [0.05, 0.1) is 21.6 Å². The summed E-state index contributed by atoms with van der Waals surface area (Å²) in [6.45, 7) is 11.8. The number of aromatic nitrogens is 1. The normalized spacial score (nSPS) is 18.1. The van der Waals surface area contributed by atoms with Crippen LogP contribution in [0, 0.1) is 5.41 Å². The monoisotopic (exact) mass is 525 g/mol. The van der Waals surface area contributed by atoms with Crippen molar-refractivity contribution < 1.29 is 4.79 Å². The Kier molecular flexibility index (Phi) is 10.3. The van der Waals surface area contributed by atoms with Gasteiger partial charge in [0.2, 0.25) is 0 Å². The first-order valence-electron chi connectivity index (χ1n) is 12.6. The zero-order chi connectivity index (χ0) is 26.1. The van der Waals surface area contributed by atoms with Crippen molar-refractivity contribution in [3.05, 3.63) is 69.7 Å². The number of hydrogen-bond acceptors (Lipinski definition) is 6. The second-order valence-electron chi connectivity index (χ2n) is 10.3. The van der Waals surface area contributed by atoms with Gasteiger partial charge in [-0.1, -0.05) is 50.1 Å². The van der Waals surface area contributed by atoms with Crippen LogP contribution in [0.1, 0.15) is 82.0 Å². The van der Waals surface area contributed by atoms with E-state index in [-0.39, 0.29) is 11.6 Å². The molecule has 6 nitrogen and oxygen atoms in total. The summed E-state index contributed by atoms with van der Waals surface area (Å²) in [4.78, 5) is 19.7. The minimum Gasteiger partial charge on any atom is -0.330 e. The second kappa shape index (κ2) is 13.2. The van der Waals surface area contributed by atoms with E-state index in [0.29, 0.717) is 18.1 Å². The minimum absolute atomic E-state index is 0.0427. The van der Waals surface area contributed by atoms with Crippen molar-refractivity contribution in [2.75, 3.05) is 0 Å². The summed E-state index contributed by atoms with van der Waals surface area (Å²) in [5.74, 6) is 0.579. The standard InChI is InChI=1S/C28H39N5OS2/c1-6-7-13-23(29)19(2)31-27(34)32-21-14-16-22(24(17-15-21)36-33-28(3,4)5)25-18-30-26(35-25)20-11-9-8-10-12-20/h6-7,13-14,16-20,29,33H,1,8-12,15H2,2-5H3,(H2,31,32,34)/b13-7-,29-23?/t19-/m0/s1. The number of hydrogen-bond donors (Lipinski definition) is 4. The molecule has 1 saturated carbocycles. The first-order chi connectivity index (χ1) is 17.2. The van der Waals surface area contributed by atoms with Crippen molar-refractivity contribution in [3.63, 3.8) is 0 Å². The smallest absolute Gasteiger partial charge is 0.319 e. The number of nitrogens with one attached hydrogen (secondary N) is 4. The zero-order valence-corrected chi connectivity index (χ0v) is 23.5. The topological polar surface area (TPSA) is 89.9 Å². The summed E-state index contributed by atoms with van der Waals surface area (Å²) in [5.41, 5.74) is 2.19. The van der Waals surface area contributed by atoms with Gasteiger partial charge in [0, 0.05) is 40.2 Å². The molecule has 3 rings (SSSR count). The SMILES string of the molecule is C=C/C=C\C(=N)[C@H](C)NC(=O)NC1=CC=C(c2cnc(C3CCCCC3)s2)C(SNC(C)(C)C)=CC1. The predicted molar refractivity (Wildman–Crippen MR) is 155 cm³/mol. The number of carbonyl (C=O) groups is 1. The lowest BCUT2D eigenvalue weighted by atomic mass is 9.90. The molecular weight excluding hydrogens is 486 g/mol. The molecule has 8 heteroatoms. The highest BCUT2D eigenvalue weighted by Crippen LogP contribution is 2.40. The first-order valence-corrected chi connectivity index (χ1v) is 14.3. The maximum absolute atomic E-state index is 12.6. The van der Waals surface area contributed by atoms with Gasteiger partial charge in [0.15, 0.2) is 0 Å². The van der Waals surface area contributed by atoms with E-state index in [1.807, 2.05) is 12.3 Å². The van der Waals surface area contributed by atoms with Gasteiger partial charge < -0.3 is 16.0 Å². The van der Waals surface area contributed by atoms with Gasteiger partial charge >= 0.3 is 6.03 Å². The Morgan fingerprint density at radius 2 is 2.03 bits per heavy atom. The Bertz CT molecular complexity index is 1070. The van der Waals surface area contributed by atoms with Crippen molar-refractivity contribution in [3.8, 4) is 0 Å². The molecule has 4 N–H and O–H groups in total. The lowest BCUT2D eigenvalue weighted by Gasteiger charge is -2.21. The van der Waals surface area contributed by atoms with Crippen molar-refractivity contribution in [2.24, 2.45) is 0 Å². The average molecular weight is 526 g/mol. The fourth-order valence-electron chi connectivity index (χ4n) is 3.97. The van der Waals surface area contributed by atoms with E-state index in [2.05, 4.69) is 54.9 Å². The van der Waals surface area contributed by atoms with Gasteiger partial charge in [-0.15, -0.1) is 11.3 Å². The van der Waals surface area contributed by atoms with Gasteiger partial charge in [-0.25, -0.2) is 9.78 Å². The van der Waals surface area contributed by atoms with Gasteiger partial charge in [-0.2, -0.15) is 0 Å². The molecule has 0 unspecified atom stereocenters. The molecule has 1 aromatic heterocycles. The molecule has 0 radical (unpaired) electrons. The Morgan fingerprint density at radius 3 is 2.72 bits per heavy atom. The molecule has 1 fully saturated rings. The number of rotatable bonds is 9. The van der Waals surface area contributed by atoms with Crippen LogP contribution in [0.3, 0.4) is 0 Å². The summed E-state index contributed by atoms with van der Waals surface area (Å²) in [6, 6.07) is -0.734. The number of carbonyl (C=O) groups excluding carboxylic acids is 1. The van der Waals surface area contributed by atoms with Crippen molar-refractivity contribution in [1.82, 2.24) is 20.3 Å². The number of thiazole rings is 1. The van der Waals surface area contributed by atoms with Crippen LogP contribution >= 0.6 is 23.3 Å². The van der Waals surface area contributed by atoms with E-state index in [4.69, 9.17) is 10.4 Å². The van der Waals surface area contributed by atoms with Crippen LogP contribution in [0.4, 0.5) is 4.79 Å². The maximum atomic E-state index is 12.6. The highest BCUT2D eigenvalue weighted by Gasteiger charge is 2.22. The molecular formula is C28H39N5OS2. The Hall–Kier alpha value is -2.42. The van der Waals surface area contributed by atoms with Crippen molar-refractivity contribution in [2.45, 2.75) is 83.7 Å². The second-order valence-corrected chi connectivity index (χ2v) is 12.2. The van der Waals surface area contributed by atoms with E-state index in [9.17, 15) is 4.79 Å². The van der Waals surface area contributed by atoms with E-state index < -0.39 is 6.04 Å². The zero-order valence-electron chi connectivity index (χ0n) is 21.8. The lowest BCUT2D eigenvalue weighted by molar-refractivity contribution is 0.242. The minimum atomic E-state index is -0.410. The molecule has 2 aliphatic rings. The largest absolute Gasteiger partial charge is 0.330 e. The van der Waals surface area contributed by atoms with E-state index in [0.717, 1.165) is 21.1 Å². The average Bonchev–Trinajstić information content (AvgIpc) is 3.24. The summed E-state index contributed by atoms with van der Waals surface area (Å²) in [5, 5.41) is 15.1. The van der Waals surface area contributed by atoms with Crippen LogP contribution in [-0.2, 0) is 0 Å². The molecule has 0 bridgehead atoms. The Labute approximate surface area is 224 Å². The summed E-state index contributed by atoms with van der Waals surface area (Å²) < 4.78 is 3.53. The number of urea groups is 1. The van der Waals surface area contributed by atoms with Crippen molar-refractivity contribution >= 4 is 40.6 Å². The molecule has 36 heavy (non-hydrogen) atoms. The highest BCUT2D eigenvalue weighted by molar-refractivity contribution is 8.01. The van der Waals surface area contributed by atoms with Crippen molar-refractivity contribution in [1.29, 1.82) is 5.41 Å². The highest BCUT2D eigenvalue weighted by atomic mass is 32.2. The third-order valence-corrected chi connectivity index (χ3v) is 8.45. The van der Waals surface area contributed by atoms with Gasteiger partial charge in [-0.3, -0.25) is 4.72 Å². The maximum Gasteiger partial charge on any atom is 0.319 e.